The monoisotopic (exact) mass is 279 g/mol. The van der Waals surface area contributed by atoms with E-state index in [4.69, 9.17) is 11.0 Å². The summed E-state index contributed by atoms with van der Waals surface area (Å²) in [4.78, 5) is 2.37. The summed E-state index contributed by atoms with van der Waals surface area (Å²) in [6, 6.07) is 16.1. The maximum Gasteiger partial charge on any atom is 0.0991 e. The Kier molecular flexibility index (Phi) is 4.97. The molecule has 0 bridgehead atoms. The summed E-state index contributed by atoms with van der Waals surface area (Å²) >= 11 is 0. The molecule has 0 heterocycles. The lowest BCUT2D eigenvalue weighted by Crippen LogP contribution is -2.22. The Morgan fingerprint density at radius 2 is 1.81 bits per heavy atom. The Morgan fingerprint density at radius 3 is 2.38 bits per heavy atom. The van der Waals surface area contributed by atoms with Crippen LogP contribution in [-0.2, 0) is 13.1 Å². The van der Waals surface area contributed by atoms with Crippen LogP contribution >= 0.6 is 0 Å². The van der Waals surface area contributed by atoms with Gasteiger partial charge in [0.1, 0.15) is 0 Å². The van der Waals surface area contributed by atoms with Gasteiger partial charge in [-0.2, -0.15) is 5.26 Å². The van der Waals surface area contributed by atoms with E-state index in [2.05, 4.69) is 43.0 Å². The molecule has 0 amide bonds. The molecule has 0 aliphatic carbocycles. The minimum atomic E-state index is 0.720. The molecule has 0 aromatic heterocycles. The second-order valence-corrected chi connectivity index (χ2v) is 5.30. The molecule has 0 saturated carbocycles. The third kappa shape index (κ3) is 4.08. The largest absolute Gasteiger partial charge is 0.399 e. The van der Waals surface area contributed by atoms with Crippen molar-refractivity contribution in [2.24, 2.45) is 0 Å². The topological polar surface area (TPSA) is 53.0 Å². The van der Waals surface area contributed by atoms with Crippen molar-refractivity contribution >= 4 is 5.69 Å². The van der Waals surface area contributed by atoms with Gasteiger partial charge in [-0.15, -0.1) is 0 Å². The summed E-state index contributed by atoms with van der Waals surface area (Å²) in [5, 5.41) is 8.93. The van der Waals surface area contributed by atoms with Gasteiger partial charge in [-0.25, -0.2) is 0 Å². The predicted octanol–water partition coefficient (Wildman–Crippen LogP) is 3.47. The molecule has 0 aliphatic heterocycles. The average molecular weight is 279 g/mol. The average Bonchev–Trinajstić information content (AvgIpc) is 2.50. The molecule has 21 heavy (non-hydrogen) atoms. The van der Waals surface area contributed by atoms with Crippen LogP contribution in [0.15, 0.2) is 42.5 Å². The summed E-state index contributed by atoms with van der Waals surface area (Å²) < 4.78 is 0. The summed E-state index contributed by atoms with van der Waals surface area (Å²) in [5.74, 6) is 0. The Bertz CT molecular complexity index is 639. The SMILES string of the molecule is CCN(Cc1ccc(N)cc1)Cc1ccc(C#N)cc1C. The number of nitrogens with two attached hydrogens (primary N) is 1. The summed E-state index contributed by atoms with van der Waals surface area (Å²) in [7, 11) is 0. The van der Waals surface area contributed by atoms with Crippen molar-refractivity contribution in [1.82, 2.24) is 4.90 Å². The lowest BCUT2D eigenvalue weighted by Gasteiger charge is -2.21. The Labute approximate surface area is 126 Å². The fourth-order valence-electron chi connectivity index (χ4n) is 2.34. The molecule has 2 N–H and O–H groups in total. The Balaban J connectivity index is 2.08. The maximum atomic E-state index is 8.93. The first kappa shape index (κ1) is 15.1. The molecule has 0 aliphatic rings. The molecule has 2 aromatic carbocycles. The zero-order valence-electron chi connectivity index (χ0n) is 12.6. The van der Waals surface area contributed by atoms with Gasteiger partial charge in [0.2, 0.25) is 0 Å². The summed E-state index contributed by atoms with van der Waals surface area (Å²) in [6.07, 6.45) is 0. The van der Waals surface area contributed by atoms with E-state index in [0.29, 0.717) is 0 Å². The highest BCUT2D eigenvalue weighted by Gasteiger charge is 2.07. The van der Waals surface area contributed by atoms with Crippen LogP contribution in [0.4, 0.5) is 5.69 Å². The highest BCUT2D eigenvalue weighted by molar-refractivity contribution is 5.39. The lowest BCUT2D eigenvalue weighted by atomic mass is 10.0. The number of hydrogen-bond acceptors (Lipinski definition) is 3. The van der Waals surface area contributed by atoms with E-state index in [1.165, 1.54) is 16.7 Å². The van der Waals surface area contributed by atoms with E-state index in [9.17, 15) is 0 Å². The van der Waals surface area contributed by atoms with Crippen LogP contribution < -0.4 is 5.73 Å². The molecule has 0 spiro atoms. The van der Waals surface area contributed by atoms with Crippen LogP contribution in [0, 0.1) is 18.3 Å². The molecule has 2 rings (SSSR count). The van der Waals surface area contributed by atoms with Crippen LogP contribution in [0.2, 0.25) is 0 Å². The van der Waals surface area contributed by atoms with Crippen LogP contribution in [0.1, 0.15) is 29.2 Å². The van der Waals surface area contributed by atoms with Crippen LogP contribution in [0.3, 0.4) is 0 Å². The minimum Gasteiger partial charge on any atom is -0.399 e. The van der Waals surface area contributed by atoms with Gasteiger partial charge in [-0.05, 0) is 54.4 Å². The molecule has 3 heteroatoms. The van der Waals surface area contributed by atoms with E-state index >= 15 is 0 Å². The van der Waals surface area contributed by atoms with E-state index in [1.807, 2.05) is 24.3 Å². The van der Waals surface area contributed by atoms with Gasteiger partial charge >= 0.3 is 0 Å². The van der Waals surface area contributed by atoms with Gasteiger partial charge < -0.3 is 5.73 Å². The van der Waals surface area contributed by atoms with Crippen molar-refractivity contribution in [2.45, 2.75) is 26.9 Å². The Morgan fingerprint density at radius 1 is 1.10 bits per heavy atom. The smallest absolute Gasteiger partial charge is 0.0991 e. The van der Waals surface area contributed by atoms with Gasteiger partial charge in [-0.3, -0.25) is 4.90 Å². The van der Waals surface area contributed by atoms with E-state index in [1.54, 1.807) is 0 Å². The first-order valence-corrected chi connectivity index (χ1v) is 7.18. The number of nitrogens with zero attached hydrogens (tertiary/aromatic N) is 2. The summed E-state index contributed by atoms with van der Waals surface area (Å²) in [5.41, 5.74) is 10.9. The molecule has 3 nitrogen and oxygen atoms in total. The highest BCUT2D eigenvalue weighted by Crippen LogP contribution is 2.15. The van der Waals surface area contributed by atoms with Crippen molar-refractivity contribution in [3.8, 4) is 6.07 Å². The van der Waals surface area contributed by atoms with Crippen molar-refractivity contribution < 1.29 is 0 Å². The number of anilines is 1. The third-order valence-corrected chi connectivity index (χ3v) is 3.70. The molecule has 0 unspecified atom stereocenters. The molecule has 0 radical (unpaired) electrons. The normalized spacial score (nSPS) is 10.6. The minimum absolute atomic E-state index is 0.720. The molecule has 0 saturated heterocycles. The standard InChI is InChI=1S/C18H21N3/c1-3-21(12-15-5-8-18(20)9-6-15)13-17-7-4-16(11-19)10-14(17)2/h4-10H,3,12-13,20H2,1-2H3. The maximum absolute atomic E-state index is 8.93. The van der Waals surface area contributed by atoms with Gasteiger partial charge in [-0.1, -0.05) is 25.1 Å². The van der Waals surface area contributed by atoms with E-state index < -0.39 is 0 Å². The van der Waals surface area contributed by atoms with Crippen LogP contribution in [0.5, 0.6) is 0 Å². The second kappa shape index (κ2) is 6.92. The number of benzene rings is 2. The lowest BCUT2D eigenvalue weighted by molar-refractivity contribution is 0.271. The number of nitriles is 1. The molecule has 0 atom stereocenters. The van der Waals surface area contributed by atoms with Crippen molar-refractivity contribution in [1.29, 1.82) is 5.26 Å². The van der Waals surface area contributed by atoms with Gasteiger partial charge in [0.25, 0.3) is 0 Å². The van der Waals surface area contributed by atoms with Crippen LogP contribution in [0.25, 0.3) is 0 Å². The number of hydrogen-bond donors (Lipinski definition) is 1. The van der Waals surface area contributed by atoms with Gasteiger partial charge in [0, 0.05) is 18.8 Å². The zero-order chi connectivity index (χ0) is 15.2. The molecule has 2 aromatic rings. The zero-order valence-corrected chi connectivity index (χ0v) is 12.6. The highest BCUT2D eigenvalue weighted by atomic mass is 15.1. The fourth-order valence-corrected chi connectivity index (χ4v) is 2.34. The Hall–Kier alpha value is -2.31. The second-order valence-electron chi connectivity index (χ2n) is 5.30. The van der Waals surface area contributed by atoms with E-state index in [-0.39, 0.29) is 0 Å². The fraction of sp³-hybridized carbons (Fsp3) is 0.278. The molecular weight excluding hydrogens is 258 g/mol. The van der Waals surface area contributed by atoms with Crippen LogP contribution in [-0.4, -0.2) is 11.4 Å². The first-order chi connectivity index (χ1) is 10.1. The van der Waals surface area contributed by atoms with Crippen molar-refractivity contribution in [3.63, 3.8) is 0 Å². The van der Waals surface area contributed by atoms with Gasteiger partial charge in [0.05, 0.1) is 11.6 Å². The van der Waals surface area contributed by atoms with Crippen molar-refractivity contribution in [3.05, 3.63) is 64.7 Å². The number of nitrogen functional groups attached to an aromatic ring is 1. The predicted molar refractivity (Wildman–Crippen MR) is 86.5 cm³/mol. The summed E-state index contributed by atoms with van der Waals surface area (Å²) in [6.45, 7) is 6.99. The quantitative estimate of drug-likeness (QED) is 0.853. The molecular formula is C18H21N3. The van der Waals surface area contributed by atoms with Crippen molar-refractivity contribution in [2.75, 3.05) is 12.3 Å². The first-order valence-electron chi connectivity index (χ1n) is 7.18. The number of aryl methyl sites for hydroxylation is 1. The molecule has 108 valence electrons. The number of rotatable bonds is 5. The molecule has 0 fully saturated rings. The van der Waals surface area contributed by atoms with E-state index in [0.717, 1.165) is 30.9 Å². The third-order valence-electron chi connectivity index (χ3n) is 3.70. The van der Waals surface area contributed by atoms with Gasteiger partial charge in [0.15, 0.2) is 0 Å².